The summed E-state index contributed by atoms with van der Waals surface area (Å²) in [5, 5.41) is 4.30. The van der Waals surface area contributed by atoms with Crippen molar-refractivity contribution in [1.82, 2.24) is 14.3 Å². The molecule has 7 nitrogen and oxygen atoms in total. The number of thiazole rings is 1. The highest BCUT2D eigenvalue weighted by Crippen LogP contribution is 2.22. The first-order valence-corrected chi connectivity index (χ1v) is 12.8. The van der Waals surface area contributed by atoms with E-state index in [4.69, 9.17) is 0 Å². The van der Waals surface area contributed by atoms with Crippen molar-refractivity contribution in [3.05, 3.63) is 40.5 Å². The van der Waals surface area contributed by atoms with E-state index in [2.05, 4.69) is 10.1 Å². The van der Waals surface area contributed by atoms with Gasteiger partial charge in [-0.3, -0.25) is 9.48 Å². The van der Waals surface area contributed by atoms with Crippen LogP contribution in [-0.4, -0.2) is 46.9 Å². The highest BCUT2D eigenvalue weighted by Gasteiger charge is 2.15. The van der Waals surface area contributed by atoms with Crippen molar-refractivity contribution in [2.75, 3.05) is 18.3 Å². The van der Waals surface area contributed by atoms with Gasteiger partial charge in [0.15, 0.2) is 20.3 Å². The maximum absolute atomic E-state index is 12.7. The number of hydrogen-bond acceptors (Lipinski definition) is 6. The molecule has 3 rings (SSSR count). The van der Waals surface area contributed by atoms with Crippen LogP contribution >= 0.6 is 23.1 Å². The van der Waals surface area contributed by atoms with Gasteiger partial charge < -0.3 is 4.57 Å². The van der Waals surface area contributed by atoms with E-state index >= 15 is 0 Å². The predicted molar refractivity (Wildman–Crippen MR) is 114 cm³/mol. The molecule has 28 heavy (non-hydrogen) atoms. The van der Waals surface area contributed by atoms with Crippen molar-refractivity contribution in [3.63, 3.8) is 0 Å². The van der Waals surface area contributed by atoms with E-state index in [0.717, 1.165) is 21.7 Å². The molecule has 2 aromatic heterocycles. The van der Waals surface area contributed by atoms with Gasteiger partial charge in [-0.1, -0.05) is 11.3 Å². The Hall–Kier alpha value is -1.91. The van der Waals surface area contributed by atoms with Gasteiger partial charge in [0.1, 0.15) is 0 Å². The summed E-state index contributed by atoms with van der Waals surface area (Å²) in [6.07, 6.45) is 3.20. The topological polar surface area (TPSA) is 86.3 Å². The number of fused-ring (bicyclic) bond motifs is 1. The van der Waals surface area contributed by atoms with Crippen molar-refractivity contribution < 1.29 is 13.2 Å². The van der Waals surface area contributed by atoms with Crippen LogP contribution in [0.25, 0.3) is 10.2 Å². The number of amides is 1. The van der Waals surface area contributed by atoms with Crippen LogP contribution in [0.1, 0.15) is 23.1 Å². The van der Waals surface area contributed by atoms with Crippen molar-refractivity contribution in [2.45, 2.75) is 31.8 Å². The van der Waals surface area contributed by atoms with Crippen LogP contribution in [0.3, 0.4) is 0 Å². The SMILES string of the molecule is CCn1nc(C(=O)N=c2sc3cc(S(C)(=O)=O)ccc3n2CCSC)cc1C. The highest BCUT2D eigenvalue weighted by atomic mass is 32.2. The normalized spacial score (nSPS) is 12.8. The maximum Gasteiger partial charge on any atom is 0.300 e. The first-order valence-electron chi connectivity index (χ1n) is 8.70. The lowest BCUT2D eigenvalue weighted by Gasteiger charge is -2.04. The molecule has 0 fully saturated rings. The van der Waals surface area contributed by atoms with Gasteiger partial charge in [-0.2, -0.15) is 21.9 Å². The van der Waals surface area contributed by atoms with Crippen LogP contribution < -0.4 is 4.80 Å². The van der Waals surface area contributed by atoms with Gasteiger partial charge in [0.25, 0.3) is 5.91 Å². The zero-order valence-corrected chi connectivity index (χ0v) is 18.6. The Morgan fingerprint density at radius 2 is 2.07 bits per heavy atom. The monoisotopic (exact) mass is 438 g/mol. The van der Waals surface area contributed by atoms with E-state index in [0.29, 0.717) is 23.6 Å². The zero-order valence-electron chi connectivity index (χ0n) is 16.2. The molecular formula is C18H22N4O3S3. The third kappa shape index (κ3) is 4.23. The van der Waals surface area contributed by atoms with Gasteiger partial charge in [0.2, 0.25) is 0 Å². The third-order valence-corrected chi connectivity index (χ3v) is 7.04. The molecule has 0 aliphatic carbocycles. The second-order valence-electron chi connectivity index (χ2n) is 6.33. The molecule has 0 aliphatic rings. The first-order chi connectivity index (χ1) is 13.2. The second-order valence-corrected chi connectivity index (χ2v) is 10.3. The molecule has 0 spiro atoms. The molecule has 0 N–H and O–H groups in total. The Morgan fingerprint density at radius 3 is 2.68 bits per heavy atom. The summed E-state index contributed by atoms with van der Waals surface area (Å²) in [4.78, 5) is 17.8. The Bertz CT molecular complexity index is 1200. The number of hydrogen-bond donors (Lipinski definition) is 0. The van der Waals surface area contributed by atoms with Crippen molar-refractivity contribution in [1.29, 1.82) is 0 Å². The van der Waals surface area contributed by atoms with E-state index < -0.39 is 15.7 Å². The molecule has 0 atom stereocenters. The van der Waals surface area contributed by atoms with Gasteiger partial charge in [-0.25, -0.2) is 8.42 Å². The summed E-state index contributed by atoms with van der Waals surface area (Å²) < 4.78 is 28.2. The number of rotatable bonds is 6. The summed E-state index contributed by atoms with van der Waals surface area (Å²) >= 11 is 3.01. The molecule has 0 bridgehead atoms. The average molecular weight is 439 g/mol. The smallest absolute Gasteiger partial charge is 0.300 e. The molecule has 1 aromatic carbocycles. The standard InChI is InChI=1S/C18H22N4O3S3/c1-5-22-12(2)10-14(20-22)17(23)19-18-21(8-9-26-3)15-7-6-13(28(4,24)25)11-16(15)27-18/h6-7,10-11H,5,8-9H2,1-4H3. The second kappa shape index (κ2) is 8.22. The van der Waals surface area contributed by atoms with Gasteiger partial charge in [0.05, 0.1) is 15.1 Å². The van der Waals surface area contributed by atoms with Crippen LogP contribution in [0.2, 0.25) is 0 Å². The largest absolute Gasteiger partial charge is 0.316 e. The van der Waals surface area contributed by atoms with Gasteiger partial charge in [0, 0.05) is 30.8 Å². The van der Waals surface area contributed by atoms with E-state index in [1.54, 1.807) is 40.7 Å². The van der Waals surface area contributed by atoms with Crippen LogP contribution in [0.5, 0.6) is 0 Å². The van der Waals surface area contributed by atoms with Crippen LogP contribution in [0.4, 0.5) is 0 Å². The molecule has 10 heteroatoms. The molecule has 0 aliphatic heterocycles. The molecule has 0 radical (unpaired) electrons. The maximum atomic E-state index is 12.7. The summed E-state index contributed by atoms with van der Waals surface area (Å²) in [6, 6.07) is 6.75. The first kappa shape index (κ1) is 20.8. The Morgan fingerprint density at radius 1 is 1.32 bits per heavy atom. The molecule has 0 saturated carbocycles. The molecule has 0 saturated heterocycles. The van der Waals surface area contributed by atoms with E-state index in [1.807, 2.05) is 24.7 Å². The number of sulfone groups is 1. The molecule has 0 unspecified atom stereocenters. The van der Waals surface area contributed by atoms with Crippen molar-refractivity contribution in [3.8, 4) is 0 Å². The van der Waals surface area contributed by atoms with Gasteiger partial charge >= 0.3 is 0 Å². The number of carbonyl (C=O) groups is 1. The van der Waals surface area contributed by atoms with Gasteiger partial charge in [-0.15, -0.1) is 0 Å². The minimum atomic E-state index is -3.30. The number of aryl methyl sites for hydroxylation is 3. The molecule has 150 valence electrons. The minimum Gasteiger partial charge on any atom is -0.316 e. The molecular weight excluding hydrogens is 416 g/mol. The Balaban J connectivity index is 2.14. The fourth-order valence-electron chi connectivity index (χ4n) is 2.85. The quantitative estimate of drug-likeness (QED) is 0.591. The number of nitrogens with zero attached hydrogens (tertiary/aromatic N) is 4. The zero-order chi connectivity index (χ0) is 20.5. The fraction of sp³-hybridized carbons (Fsp3) is 0.389. The number of aromatic nitrogens is 3. The van der Waals surface area contributed by atoms with Crippen LogP contribution in [0, 0.1) is 6.92 Å². The lowest BCUT2D eigenvalue weighted by Crippen LogP contribution is -2.18. The van der Waals surface area contributed by atoms with Crippen LogP contribution in [-0.2, 0) is 22.9 Å². The van der Waals surface area contributed by atoms with E-state index in [-0.39, 0.29) is 4.90 Å². The van der Waals surface area contributed by atoms with Crippen molar-refractivity contribution >= 4 is 49.1 Å². The molecule has 3 aromatic rings. The average Bonchev–Trinajstić information content (AvgIpc) is 3.18. The van der Waals surface area contributed by atoms with Crippen LogP contribution in [0.15, 0.2) is 34.2 Å². The summed E-state index contributed by atoms with van der Waals surface area (Å²) in [5.41, 5.74) is 2.09. The lowest BCUT2D eigenvalue weighted by molar-refractivity contribution is 0.0992. The number of carbonyl (C=O) groups excluding carboxylic acids is 1. The molecule has 2 heterocycles. The van der Waals surface area contributed by atoms with E-state index in [9.17, 15) is 13.2 Å². The predicted octanol–water partition coefficient (Wildman–Crippen LogP) is 2.74. The summed E-state index contributed by atoms with van der Waals surface area (Å²) in [5.74, 6) is 0.452. The van der Waals surface area contributed by atoms with Gasteiger partial charge in [-0.05, 0) is 44.4 Å². The third-order valence-electron chi connectivity index (χ3n) is 4.30. The Kier molecular flexibility index (Phi) is 6.11. The number of benzene rings is 1. The lowest BCUT2D eigenvalue weighted by atomic mass is 10.3. The number of thioether (sulfide) groups is 1. The van der Waals surface area contributed by atoms with E-state index in [1.165, 1.54) is 17.6 Å². The summed E-state index contributed by atoms with van der Waals surface area (Å²) in [6.45, 7) is 5.23. The Labute approximate surface area is 172 Å². The van der Waals surface area contributed by atoms with Crippen molar-refractivity contribution in [2.24, 2.45) is 4.99 Å². The fourth-order valence-corrected chi connectivity index (χ4v) is 5.03. The molecule has 1 amide bonds. The minimum absolute atomic E-state index is 0.258. The summed E-state index contributed by atoms with van der Waals surface area (Å²) in [7, 11) is -3.30. The highest BCUT2D eigenvalue weighted by molar-refractivity contribution is 7.98.